The highest BCUT2D eigenvalue weighted by Crippen LogP contribution is 2.19. The SMILES string of the molecule is COc1ccc(CN2CCN([C@@H](C)C(=O)NCc3ccc(C)cc3)CC2)cc1F. The Morgan fingerprint density at radius 2 is 1.76 bits per heavy atom. The largest absolute Gasteiger partial charge is 0.494 e. The normalized spacial score (nSPS) is 16.4. The lowest BCUT2D eigenvalue weighted by atomic mass is 10.1. The van der Waals surface area contributed by atoms with E-state index in [0.29, 0.717) is 13.1 Å². The third-order valence-corrected chi connectivity index (χ3v) is 5.54. The molecule has 0 saturated carbocycles. The van der Waals surface area contributed by atoms with Crippen molar-refractivity contribution in [3.05, 3.63) is 65.0 Å². The standard InChI is InChI=1S/C23H30FN3O2/c1-17-4-6-19(7-5-17)15-25-23(28)18(2)27-12-10-26(11-13-27)16-20-8-9-22(29-3)21(24)14-20/h4-9,14,18H,10-13,15-16H2,1-3H3,(H,25,28)/t18-/m0/s1. The number of ether oxygens (including phenoxy) is 1. The number of nitrogens with one attached hydrogen (secondary N) is 1. The Kier molecular flexibility index (Phi) is 7.23. The smallest absolute Gasteiger partial charge is 0.237 e. The van der Waals surface area contributed by atoms with E-state index in [4.69, 9.17) is 4.74 Å². The van der Waals surface area contributed by atoms with Crippen molar-refractivity contribution >= 4 is 5.91 Å². The minimum atomic E-state index is -0.331. The molecule has 1 fully saturated rings. The number of hydrogen-bond acceptors (Lipinski definition) is 4. The van der Waals surface area contributed by atoms with E-state index < -0.39 is 0 Å². The number of amides is 1. The summed E-state index contributed by atoms with van der Waals surface area (Å²) in [6.45, 7) is 8.59. The maximum Gasteiger partial charge on any atom is 0.237 e. The average Bonchev–Trinajstić information content (AvgIpc) is 2.73. The Bertz CT molecular complexity index is 817. The second kappa shape index (κ2) is 9.85. The molecule has 3 rings (SSSR count). The first-order valence-electron chi connectivity index (χ1n) is 10.1. The van der Waals surface area contributed by atoms with Gasteiger partial charge in [0, 0.05) is 39.3 Å². The van der Waals surface area contributed by atoms with Crippen LogP contribution in [0.25, 0.3) is 0 Å². The lowest BCUT2D eigenvalue weighted by molar-refractivity contribution is -0.126. The van der Waals surface area contributed by atoms with E-state index >= 15 is 0 Å². The number of hydrogen-bond donors (Lipinski definition) is 1. The van der Waals surface area contributed by atoms with Crippen molar-refractivity contribution in [2.75, 3.05) is 33.3 Å². The van der Waals surface area contributed by atoms with E-state index in [2.05, 4.69) is 34.2 Å². The van der Waals surface area contributed by atoms with E-state index in [-0.39, 0.29) is 23.5 Å². The molecule has 1 N–H and O–H groups in total. The van der Waals surface area contributed by atoms with E-state index in [1.54, 1.807) is 6.07 Å². The second-order valence-corrected chi connectivity index (χ2v) is 7.66. The zero-order valence-corrected chi connectivity index (χ0v) is 17.5. The van der Waals surface area contributed by atoms with Gasteiger partial charge in [-0.25, -0.2) is 4.39 Å². The first-order valence-corrected chi connectivity index (χ1v) is 10.1. The molecule has 5 nitrogen and oxygen atoms in total. The average molecular weight is 400 g/mol. The Hall–Kier alpha value is -2.44. The zero-order valence-electron chi connectivity index (χ0n) is 17.5. The molecule has 1 amide bonds. The molecule has 1 aliphatic heterocycles. The molecule has 1 atom stereocenters. The lowest BCUT2D eigenvalue weighted by Gasteiger charge is -2.37. The Morgan fingerprint density at radius 3 is 2.38 bits per heavy atom. The molecular formula is C23H30FN3O2. The third-order valence-electron chi connectivity index (χ3n) is 5.54. The van der Waals surface area contributed by atoms with Crippen molar-refractivity contribution in [3.8, 4) is 5.75 Å². The number of aryl methyl sites for hydroxylation is 1. The summed E-state index contributed by atoms with van der Waals surface area (Å²) in [5, 5.41) is 3.04. The van der Waals surface area contributed by atoms with Gasteiger partial charge in [-0.15, -0.1) is 0 Å². The zero-order chi connectivity index (χ0) is 20.8. The first kappa shape index (κ1) is 21.3. The Morgan fingerprint density at radius 1 is 1.10 bits per heavy atom. The fourth-order valence-electron chi connectivity index (χ4n) is 3.58. The number of methoxy groups -OCH3 is 1. The van der Waals surface area contributed by atoms with Crippen LogP contribution in [0.2, 0.25) is 0 Å². The number of carbonyl (C=O) groups is 1. The summed E-state index contributed by atoms with van der Waals surface area (Å²) in [7, 11) is 1.47. The van der Waals surface area contributed by atoms with Crippen LogP contribution in [0.1, 0.15) is 23.6 Å². The minimum Gasteiger partial charge on any atom is -0.494 e. The van der Waals surface area contributed by atoms with Crippen molar-refractivity contribution in [2.24, 2.45) is 0 Å². The summed E-state index contributed by atoms with van der Waals surface area (Å²) in [5.74, 6) is -0.0113. The summed E-state index contributed by atoms with van der Waals surface area (Å²) < 4.78 is 18.9. The highest BCUT2D eigenvalue weighted by Gasteiger charge is 2.25. The minimum absolute atomic E-state index is 0.0521. The summed E-state index contributed by atoms with van der Waals surface area (Å²) >= 11 is 0. The maximum absolute atomic E-state index is 13.9. The van der Waals surface area contributed by atoms with Crippen LogP contribution in [0.5, 0.6) is 5.75 Å². The van der Waals surface area contributed by atoms with Crippen LogP contribution in [0.15, 0.2) is 42.5 Å². The molecule has 0 bridgehead atoms. The van der Waals surface area contributed by atoms with Crippen LogP contribution in [0, 0.1) is 12.7 Å². The van der Waals surface area contributed by atoms with Gasteiger partial charge in [-0.3, -0.25) is 14.6 Å². The van der Waals surface area contributed by atoms with E-state index in [9.17, 15) is 9.18 Å². The van der Waals surface area contributed by atoms with E-state index in [1.807, 2.05) is 25.1 Å². The number of halogens is 1. The van der Waals surface area contributed by atoms with Crippen LogP contribution < -0.4 is 10.1 Å². The van der Waals surface area contributed by atoms with Gasteiger partial charge in [0.15, 0.2) is 11.6 Å². The summed E-state index contributed by atoms with van der Waals surface area (Å²) in [5.41, 5.74) is 3.25. The van der Waals surface area contributed by atoms with Gasteiger partial charge in [-0.1, -0.05) is 35.9 Å². The Labute approximate surface area is 172 Å². The number of benzene rings is 2. The Balaban J connectivity index is 1.44. The van der Waals surface area contributed by atoms with Crippen LogP contribution in [0.4, 0.5) is 4.39 Å². The summed E-state index contributed by atoms with van der Waals surface area (Å²) in [6.07, 6.45) is 0. The molecule has 1 saturated heterocycles. The predicted molar refractivity (Wildman–Crippen MR) is 112 cm³/mol. The molecule has 6 heteroatoms. The van der Waals surface area contributed by atoms with Gasteiger partial charge in [-0.05, 0) is 37.1 Å². The van der Waals surface area contributed by atoms with Gasteiger partial charge in [0.25, 0.3) is 0 Å². The fourth-order valence-corrected chi connectivity index (χ4v) is 3.58. The molecule has 0 unspecified atom stereocenters. The van der Waals surface area contributed by atoms with Gasteiger partial charge < -0.3 is 10.1 Å². The molecule has 2 aromatic rings. The van der Waals surface area contributed by atoms with Crippen molar-refractivity contribution < 1.29 is 13.9 Å². The van der Waals surface area contributed by atoms with Gasteiger partial charge in [-0.2, -0.15) is 0 Å². The molecule has 0 spiro atoms. The molecule has 0 aromatic heterocycles. The molecule has 29 heavy (non-hydrogen) atoms. The molecular weight excluding hydrogens is 369 g/mol. The topological polar surface area (TPSA) is 44.8 Å². The molecule has 0 aliphatic carbocycles. The number of piperazine rings is 1. The predicted octanol–water partition coefficient (Wildman–Crippen LogP) is 2.97. The quantitative estimate of drug-likeness (QED) is 0.778. The van der Waals surface area contributed by atoms with E-state index in [0.717, 1.165) is 37.3 Å². The second-order valence-electron chi connectivity index (χ2n) is 7.66. The van der Waals surface area contributed by atoms with E-state index in [1.165, 1.54) is 18.7 Å². The number of carbonyl (C=O) groups excluding carboxylic acids is 1. The molecule has 2 aromatic carbocycles. The van der Waals surface area contributed by atoms with Crippen molar-refractivity contribution in [3.63, 3.8) is 0 Å². The molecule has 1 aliphatic rings. The third kappa shape index (κ3) is 5.78. The first-order chi connectivity index (χ1) is 14.0. The van der Waals surface area contributed by atoms with Crippen molar-refractivity contribution in [1.82, 2.24) is 15.1 Å². The van der Waals surface area contributed by atoms with Gasteiger partial charge in [0.1, 0.15) is 0 Å². The summed E-state index contributed by atoms with van der Waals surface area (Å²) in [4.78, 5) is 17.0. The maximum atomic E-state index is 13.9. The molecule has 1 heterocycles. The molecule has 0 radical (unpaired) electrons. The monoisotopic (exact) mass is 399 g/mol. The van der Waals surface area contributed by atoms with Crippen LogP contribution >= 0.6 is 0 Å². The van der Waals surface area contributed by atoms with Gasteiger partial charge in [0.2, 0.25) is 5.91 Å². The van der Waals surface area contributed by atoms with Crippen molar-refractivity contribution in [2.45, 2.75) is 33.0 Å². The van der Waals surface area contributed by atoms with Gasteiger partial charge in [0.05, 0.1) is 13.2 Å². The lowest BCUT2D eigenvalue weighted by Crippen LogP contribution is -2.53. The van der Waals surface area contributed by atoms with Crippen LogP contribution in [-0.4, -0.2) is 55.0 Å². The van der Waals surface area contributed by atoms with Gasteiger partial charge >= 0.3 is 0 Å². The fraction of sp³-hybridized carbons (Fsp3) is 0.435. The summed E-state index contributed by atoms with van der Waals surface area (Å²) in [6, 6.07) is 13.1. The highest BCUT2D eigenvalue weighted by atomic mass is 19.1. The van der Waals surface area contributed by atoms with Crippen LogP contribution in [0.3, 0.4) is 0 Å². The number of nitrogens with zero attached hydrogens (tertiary/aromatic N) is 2. The molecule has 156 valence electrons. The highest BCUT2D eigenvalue weighted by molar-refractivity contribution is 5.81. The van der Waals surface area contributed by atoms with Crippen molar-refractivity contribution in [1.29, 1.82) is 0 Å². The number of rotatable bonds is 7. The van der Waals surface area contributed by atoms with Crippen LogP contribution in [-0.2, 0) is 17.9 Å².